The van der Waals surface area contributed by atoms with Crippen LogP contribution in [0.15, 0.2) is 18.3 Å². The molecule has 0 aromatic carbocycles. The molecule has 1 atom stereocenters. The lowest BCUT2D eigenvalue weighted by atomic mass is 10.1. The van der Waals surface area contributed by atoms with Crippen molar-refractivity contribution in [2.75, 3.05) is 19.6 Å². The first-order chi connectivity index (χ1) is 8.61. The van der Waals surface area contributed by atoms with Crippen LogP contribution in [0.3, 0.4) is 0 Å². The van der Waals surface area contributed by atoms with E-state index in [-0.39, 0.29) is 29.7 Å². The van der Waals surface area contributed by atoms with Gasteiger partial charge in [0.25, 0.3) is 5.91 Å². The molecule has 1 unspecified atom stereocenters. The molecule has 1 fully saturated rings. The maximum Gasteiger partial charge on any atom is 0.327 e. The Bertz CT molecular complexity index is 484. The van der Waals surface area contributed by atoms with Crippen molar-refractivity contribution in [1.82, 2.24) is 15.2 Å². The zero-order valence-electron chi connectivity index (χ0n) is 9.88. The summed E-state index contributed by atoms with van der Waals surface area (Å²) in [5, 5.41) is 12.1. The normalized spacial score (nSPS) is 18.6. The summed E-state index contributed by atoms with van der Waals surface area (Å²) < 4.78 is 0. The van der Waals surface area contributed by atoms with Crippen LogP contribution in [0, 0.1) is 0 Å². The zero-order chi connectivity index (χ0) is 13.1. The number of carboxylic acid groups (broad SMARTS) is 1. The van der Waals surface area contributed by atoms with E-state index < -0.39 is 17.9 Å². The molecule has 19 heavy (non-hydrogen) atoms. The Morgan fingerprint density at radius 3 is 2.89 bits per heavy atom. The fraction of sp³-hybridized carbons (Fsp3) is 0.364. The van der Waals surface area contributed by atoms with Crippen LogP contribution in [0.2, 0.25) is 5.15 Å². The monoisotopic (exact) mass is 305 g/mol. The predicted octanol–water partition coefficient (Wildman–Crippen LogP) is 0.655. The molecule has 0 radical (unpaired) electrons. The van der Waals surface area contributed by atoms with Gasteiger partial charge in [0.05, 0.1) is 5.56 Å². The minimum absolute atomic E-state index is 0. The van der Waals surface area contributed by atoms with Gasteiger partial charge in [0.15, 0.2) is 0 Å². The lowest BCUT2D eigenvalue weighted by molar-refractivity contribution is -0.142. The number of nitrogens with zero attached hydrogens (tertiary/aromatic N) is 2. The number of pyridine rings is 1. The summed E-state index contributed by atoms with van der Waals surface area (Å²) in [7, 11) is 0. The van der Waals surface area contributed by atoms with Crippen LogP contribution >= 0.6 is 24.0 Å². The molecule has 1 aromatic heterocycles. The third kappa shape index (κ3) is 3.34. The van der Waals surface area contributed by atoms with Crippen LogP contribution in [0.4, 0.5) is 0 Å². The van der Waals surface area contributed by atoms with Crippen molar-refractivity contribution in [3.63, 3.8) is 0 Å². The van der Waals surface area contributed by atoms with E-state index in [2.05, 4.69) is 10.3 Å². The van der Waals surface area contributed by atoms with Crippen LogP contribution in [0.1, 0.15) is 10.4 Å². The van der Waals surface area contributed by atoms with Gasteiger partial charge in [-0.15, -0.1) is 12.4 Å². The number of hydrogen-bond donors (Lipinski definition) is 2. The number of aromatic nitrogens is 1. The highest BCUT2D eigenvalue weighted by Gasteiger charge is 2.33. The Balaban J connectivity index is 0.00000180. The number of carboxylic acids is 1. The second-order valence-corrected chi connectivity index (χ2v) is 4.26. The first kappa shape index (κ1) is 15.7. The van der Waals surface area contributed by atoms with Gasteiger partial charge in [-0.25, -0.2) is 9.78 Å². The Morgan fingerprint density at radius 1 is 1.53 bits per heavy atom. The third-order valence-electron chi connectivity index (χ3n) is 2.78. The van der Waals surface area contributed by atoms with Gasteiger partial charge in [-0.1, -0.05) is 11.6 Å². The minimum Gasteiger partial charge on any atom is -0.480 e. The molecule has 2 heterocycles. The van der Waals surface area contributed by atoms with Crippen LogP contribution in [0.25, 0.3) is 0 Å². The molecule has 0 bridgehead atoms. The average Bonchev–Trinajstić information content (AvgIpc) is 2.38. The van der Waals surface area contributed by atoms with Crippen molar-refractivity contribution in [2.24, 2.45) is 0 Å². The Morgan fingerprint density at radius 2 is 2.26 bits per heavy atom. The van der Waals surface area contributed by atoms with Gasteiger partial charge in [-0.05, 0) is 12.1 Å². The highest BCUT2D eigenvalue weighted by atomic mass is 35.5. The molecule has 8 heteroatoms. The Hall–Kier alpha value is -1.37. The highest BCUT2D eigenvalue weighted by molar-refractivity contribution is 6.32. The summed E-state index contributed by atoms with van der Waals surface area (Å²) in [4.78, 5) is 28.5. The summed E-state index contributed by atoms with van der Waals surface area (Å²) >= 11 is 5.84. The summed E-state index contributed by atoms with van der Waals surface area (Å²) in [6.07, 6.45) is 1.48. The van der Waals surface area contributed by atoms with Crippen LogP contribution in [-0.2, 0) is 4.79 Å². The molecule has 1 aliphatic rings. The molecule has 1 aromatic rings. The van der Waals surface area contributed by atoms with Crippen molar-refractivity contribution in [3.05, 3.63) is 29.0 Å². The first-order valence-electron chi connectivity index (χ1n) is 5.46. The van der Waals surface area contributed by atoms with E-state index in [0.29, 0.717) is 13.1 Å². The van der Waals surface area contributed by atoms with Gasteiger partial charge < -0.3 is 15.3 Å². The van der Waals surface area contributed by atoms with Gasteiger partial charge in [-0.2, -0.15) is 0 Å². The smallest absolute Gasteiger partial charge is 0.327 e. The van der Waals surface area contributed by atoms with E-state index >= 15 is 0 Å². The maximum absolute atomic E-state index is 12.2. The molecular formula is C11H13Cl2N3O3. The number of aliphatic carboxylic acids is 1. The number of piperazine rings is 1. The Labute approximate surface area is 121 Å². The summed E-state index contributed by atoms with van der Waals surface area (Å²) in [5.41, 5.74) is 0.229. The summed E-state index contributed by atoms with van der Waals surface area (Å²) in [6, 6.07) is 2.26. The van der Waals surface area contributed by atoms with Gasteiger partial charge in [0, 0.05) is 25.8 Å². The van der Waals surface area contributed by atoms with Gasteiger partial charge >= 0.3 is 5.97 Å². The zero-order valence-corrected chi connectivity index (χ0v) is 11.4. The van der Waals surface area contributed by atoms with Crippen molar-refractivity contribution in [3.8, 4) is 0 Å². The number of halogens is 2. The number of amides is 1. The SMILES string of the molecule is Cl.O=C(O)C1CNCCN1C(=O)c1cccnc1Cl. The third-order valence-corrected chi connectivity index (χ3v) is 3.08. The molecule has 6 nitrogen and oxygen atoms in total. The van der Waals surface area contributed by atoms with E-state index in [4.69, 9.17) is 16.7 Å². The number of carbonyl (C=O) groups is 2. The molecule has 1 saturated heterocycles. The topological polar surface area (TPSA) is 82.5 Å². The van der Waals surface area contributed by atoms with Crippen LogP contribution in [-0.4, -0.2) is 52.5 Å². The second-order valence-electron chi connectivity index (χ2n) is 3.90. The van der Waals surface area contributed by atoms with Crippen molar-refractivity contribution < 1.29 is 14.7 Å². The van der Waals surface area contributed by atoms with Gasteiger partial charge in [0.2, 0.25) is 0 Å². The lowest BCUT2D eigenvalue weighted by Crippen LogP contribution is -2.57. The lowest BCUT2D eigenvalue weighted by Gasteiger charge is -2.33. The molecule has 0 saturated carbocycles. The predicted molar refractivity (Wildman–Crippen MR) is 71.8 cm³/mol. The largest absolute Gasteiger partial charge is 0.480 e. The molecular weight excluding hydrogens is 293 g/mol. The molecule has 1 amide bonds. The minimum atomic E-state index is -1.03. The van der Waals surface area contributed by atoms with Crippen molar-refractivity contribution in [2.45, 2.75) is 6.04 Å². The average molecular weight is 306 g/mol. The fourth-order valence-corrected chi connectivity index (χ4v) is 2.07. The van der Waals surface area contributed by atoms with Crippen LogP contribution in [0.5, 0.6) is 0 Å². The van der Waals surface area contributed by atoms with E-state index in [1.54, 1.807) is 12.1 Å². The molecule has 2 N–H and O–H groups in total. The van der Waals surface area contributed by atoms with E-state index in [1.807, 2.05) is 0 Å². The fourth-order valence-electron chi connectivity index (χ4n) is 1.87. The first-order valence-corrected chi connectivity index (χ1v) is 5.84. The molecule has 0 aliphatic carbocycles. The van der Waals surface area contributed by atoms with E-state index in [1.165, 1.54) is 11.1 Å². The standard InChI is InChI=1S/C11H12ClN3O3.ClH/c12-9-7(2-1-3-14-9)10(16)15-5-4-13-6-8(15)11(17)18;/h1-3,8,13H,4-6H2,(H,17,18);1H. The Kier molecular flexibility index (Phi) is 5.53. The quantitative estimate of drug-likeness (QED) is 0.784. The van der Waals surface area contributed by atoms with E-state index in [0.717, 1.165) is 0 Å². The van der Waals surface area contributed by atoms with Crippen molar-refractivity contribution >= 4 is 35.9 Å². The molecule has 0 spiro atoms. The van der Waals surface area contributed by atoms with Crippen LogP contribution < -0.4 is 5.32 Å². The van der Waals surface area contributed by atoms with Gasteiger partial charge in [-0.3, -0.25) is 4.79 Å². The summed E-state index contributed by atoms with van der Waals surface area (Å²) in [5.74, 6) is -1.43. The van der Waals surface area contributed by atoms with Gasteiger partial charge in [0.1, 0.15) is 11.2 Å². The summed E-state index contributed by atoms with van der Waals surface area (Å²) in [6.45, 7) is 1.13. The number of rotatable bonds is 2. The molecule has 2 rings (SSSR count). The van der Waals surface area contributed by atoms with E-state index in [9.17, 15) is 9.59 Å². The molecule has 104 valence electrons. The number of hydrogen-bond acceptors (Lipinski definition) is 4. The van der Waals surface area contributed by atoms with Crippen molar-refractivity contribution in [1.29, 1.82) is 0 Å². The maximum atomic E-state index is 12.2. The number of carbonyl (C=O) groups excluding carboxylic acids is 1. The highest BCUT2D eigenvalue weighted by Crippen LogP contribution is 2.16. The second kappa shape index (κ2) is 6.70. The number of nitrogens with one attached hydrogen (secondary N) is 1. The molecule has 1 aliphatic heterocycles.